The fraction of sp³-hybridized carbons (Fsp3) is 0.0625. The molecule has 0 fully saturated rings. The van der Waals surface area contributed by atoms with Crippen molar-refractivity contribution in [2.24, 2.45) is 0 Å². The van der Waals surface area contributed by atoms with Crippen molar-refractivity contribution >= 4 is 52.5 Å². The molecule has 2 aliphatic rings. The summed E-state index contributed by atoms with van der Waals surface area (Å²) in [5.41, 5.74) is 18.5. The van der Waals surface area contributed by atoms with E-state index in [2.05, 4.69) is 268 Å². The Morgan fingerprint density at radius 1 is 0.358 bits per heavy atom. The van der Waals surface area contributed by atoms with E-state index in [-0.39, 0.29) is 5.41 Å². The highest BCUT2D eigenvalue weighted by molar-refractivity contribution is 8.00. The molecule has 12 rings (SSSR count). The predicted octanol–water partition coefficient (Wildman–Crippen LogP) is 15.7. The maximum Gasteiger partial charge on any atom is 0.148 e. The molecule has 1 aliphatic heterocycles. The Balaban J connectivity index is 1.02. The summed E-state index contributed by atoms with van der Waals surface area (Å²) in [4.78, 5) is 5.24. The minimum absolute atomic E-state index is 0.0714. The van der Waals surface area contributed by atoms with Crippen LogP contribution in [-0.4, -0.2) is 8.07 Å². The Morgan fingerprint density at radius 2 is 0.836 bits per heavy atom. The van der Waals surface area contributed by atoms with E-state index in [0.717, 1.165) is 17.1 Å². The van der Waals surface area contributed by atoms with Crippen LogP contribution in [0.5, 0.6) is 0 Å². The molecule has 0 spiro atoms. The molecule has 0 saturated heterocycles. The van der Waals surface area contributed by atoms with E-state index < -0.39 is 8.07 Å². The minimum Gasteiger partial charge on any atom is -0.310 e. The zero-order chi connectivity index (χ0) is 45.1. The quantitative estimate of drug-likeness (QED) is 0.140. The summed E-state index contributed by atoms with van der Waals surface area (Å²) in [6.07, 6.45) is 0. The van der Waals surface area contributed by atoms with Gasteiger partial charge in [0.1, 0.15) is 8.07 Å². The average molecular weight is 892 g/mol. The molecule has 0 N–H and O–H groups in total. The molecule has 320 valence electrons. The predicted molar refractivity (Wildman–Crippen MR) is 288 cm³/mol. The van der Waals surface area contributed by atoms with Gasteiger partial charge in [-0.15, -0.1) is 0 Å². The molecule has 1 aliphatic carbocycles. The summed E-state index contributed by atoms with van der Waals surface area (Å²) in [6.45, 7) is 7.38. The summed E-state index contributed by atoms with van der Waals surface area (Å²) in [6, 6.07) is 90.0. The van der Waals surface area contributed by atoms with Crippen molar-refractivity contribution in [1.82, 2.24) is 0 Å². The SMILES string of the molecule is CC1(C)c2ccccc2-c2c1ccc1c2Sc2c(-c3ccc(N(c4ccc(-c5ccccc5)cc4)c4cc(-c5ccccc5)cc(-c5ccccc5)c4)cc3)cccc2[Si]1(C)c1ccccc1. The fourth-order valence-corrected chi connectivity index (χ4v) is 17.4. The summed E-state index contributed by atoms with van der Waals surface area (Å²) in [5.74, 6) is 0. The zero-order valence-electron chi connectivity index (χ0n) is 37.9. The largest absolute Gasteiger partial charge is 0.310 e. The van der Waals surface area contributed by atoms with Gasteiger partial charge in [0.25, 0.3) is 0 Å². The highest BCUT2D eigenvalue weighted by atomic mass is 32.2. The van der Waals surface area contributed by atoms with E-state index in [9.17, 15) is 0 Å². The molecular weight excluding hydrogens is 843 g/mol. The summed E-state index contributed by atoms with van der Waals surface area (Å²) < 4.78 is 0. The van der Waals surface area contributed by atoms with Gasteiger partial charge in [-0.1, -0.05) is 232 Å². The Bertz CT molecular complexity index is 3380. The van der Waals surface area contributed by atoms with E-state index in [1.165, 1.54) is 92.1 Å². The lowest BCUT2D eigenvalue weighted by atomic mass is 9.82. The molecule has 1 atom stereocenters. The summed E-state index contributed by atoms with van der Waals surface area (Å²) in [7, 11) is -2.47. The number of fused-ring (bicyclic) bond motifs is 6. The van der Waals surface area contributed by atoms with Crippen molar-refractivity contribution in [2.45, 2.75) is 35.6 Å². The van der Waals surface area contributed by atoms with Crippen LogP contribution in [0.1, 0.15) is 25.0 Å². The molecule has 1 nitrogen and oxygen atoms in total. The van der Waals surface area contributed by atoms with E-state index in [4.69, 9.17) is 0 Å². The van der Waals surface area contributed by atoms with Gasteiger partial charge in [0.05, 0.1) is 0 Å². The molecular formula is C64H49NSSi. The van der Waals surface area contributed by atoms with Crippen LogP contribution >= 0.6 is 11.8 Å². The molecule has 0 amide bonds. The lowest BCUT2D eigenvalue weighted by Gasteiger charge is -2.38. The van der Waals surface area contributed by atoms with Crippen molar-refractivity contribution in [1.29, 1.82) is 0 Å². The van der Waals surface area contributed by atoms with Crippen LogP contribution in [0.4, 0.5) is 17.1 Å². The van der Waals surface area contributed by atoms with Crippen LogP contribution in [0.2, 0.25) is 6.55 Å². The van der Waals surface area contributed by atoms with E-state index in [0.29, 0.717) is 0 Å². The molecule has 0 saturated carbocycles. The van der Waals surface area contributed by atoms with E-state index in [1.807, 2.05) is 11.8 Å². The zero-order valence-corrected chi connectivity index (χ0v) is 39.8. The minimum atomic E-state index is -2.47. The first-order chi connectivity index (χ1) is 32.9. The van der Waals surface area contributed by atoms with Gasteiger partial charge in [-0.05, 0) is 125 Å². The Hall–Kier alpha value is -7.43. The number of hydrogen-bond donors (Lipinski definition) is 0. The maximum atomic E-state index is 2.58. The first-order valence-electron chi connectivity index (χ1n) is 23.3. The fourth-order valence-electron chi connectivity index (χ4n) is 10.9. The van der Waals surface area contributed by atoms with Crippen LogP contribution in [0.3, 0.4) is 0 Å². The topological polar surface area (TPSA) is 3.24 Å². The van der Waals surface area contributed by atoms with Gasteiger partial charge in [-0.2, -0.15) is 0 Å². The lowest BCUT2D eigenvalue weighted by molar-refractivity contribution is 0.660. The third-order valence-electron chi connectivity index (χ3n) is 14.4. The van der Waals surface area contributed by atoms with Gasteiger partial charge in [-0.25, -0.2) is 0 Å². The second-order valence-electron chi connectivity index (χ2n) is 18.6. The summed E-state index contributed by atoms with van der Waals surface area (Å²) in [5, 5.41) is 4.43. The molecule has 10 aromatic rings. The number of rotatable bonds is 8. The first kappa shape index (κ1) is 41.0. The normalized spacial score (nSPS) is 15.2. The standard InChI is InChI=1S/C64H49NSSi/c1-64(2)57-29-17-16-27-56(57)61-58(64)39-40-60-63(61)66-62-55(28-18-30-59(62)67(60,3)54-25-14-7-15-26-54)48-33-37-52(38-34-48)65(51-35-31-47(32-36-51)44-19-8-4-9-20-44)53-42-49(45-21-10-5-11-22-45)41-50(43-53)46-23-12-6-13-24-46/h4-43H,1-3H3. The molecule has 3 heteroatoms. The van der Waals surface area contributed by atoms with Gasteiger partial charge in [-0.3, -0.25) is 0 Å². The number of hydrogen-bond acceptors (Lipinski definition) is 2. The summed E-state index contributed by atoms with van der Waals surface area (Å²) >= 11 is 2.00. The highest BCUT2D eigenvalue weighted by Gasteiger charge is 2.46. The Labute approximate surface area is 400 Å². The van der Waals surface area contributed by atoms with E-state index in [1.54, 1.807) is 0 Å². The second kappa shape index (κ2) is 16.5. The van der Waals surface area contributed by atoms with Crippen LogP contribution < -0.4 is 20.5 Å². The van der Waals surface area contributed by atoms with Crippen molar-refractivity contribution in [3.8, 4) is 55.6 Å². The smallest absolute Gasteiger partial charge is 0.148 e. The van der Waals surface area contributed by atoms with Crippen molar-refractivity contribution < 1.29 is 0 Å². The van der Waals surface area contributed by atoms with Crippen LogP contribution in [0.15, 0.2) is 252 Å². The van der Waals surface area contributed by atoms with Gasteiger partial charge < -0.3 is 4.90 Å². The molecule has 0 aromatic heterocycles. The van der Waals surface area contributed by atoms with Crippen molar-refractivity contribution in [3.05, 3.63) is 254 Å². The number of anilines is 3. The Kier molecular flexibility index (Phi) is 10.1. The highest BCUT2D eigenvalue weighted by Crippen LogP contribution is 2.54. The van der Waals surface area contributed by atoms with Crippen molar-refractivity contribution in [2.75, 3.05) is 4.90 Å². The molecule has 1 unspecified atom stereocenters. The van der Waals surface area contributed by atoms with Gasteiger partial charge in [0.15, 0.2) is 0 Å². The van der Waals surface area contributed by atoms with Gasteiger partial charge in [0.2, 0.25) is 0 Å². The molecule has 1 heterocycles. The number of nitrogens with zero attached hydrogens (tertiary/aromatic N) is 1. The van der Waals surface area contributed by atoms with Crippen LogP contribution in [0.25, 0.3) is 55.6 Å². The van der Waals surface area contributed by atoms with Gasteiger partial charge >= 0.3 is 0 Å². The third-order valence-corrected chi connectivity index (χ3v) is 20.5. The van der Waals surface area contributed by atoms with Crippen LogP contribution in [0, 0.1) is 0 Å². The van der Waals surface area contributed by atoms with Crippen molar-refractivity contribution in [3.63, 3.8) is 0 Å². The van der Waals surface area contributed by atoms with Crippen LogP contribution in [-0.2, 0) is 5.41 Å². The third kappa shape index (κ3) is 6.92. The molecule has 0 bridgehead atoms. The van der Waals surface area contributed by atoms with Gasteiger partial charge in [0, 0.05) is 32.3 Å². The first-order valence-corrected chi connectivity index (χ1v) is 26.6. The van der Waals surface area contributed by atoms with E-state index >= 15 is 0 Å². The molecule has 10 aromatic carbocycles. The second-order valence-corrected chi connectivity index (χ2v) is 23.5. The number of benzene rings is 10. The Morgan fingerprint density at radius 3 is 1.43 bits per heavy atom. The molecule has 67 heavy (non-hydrogen) atoms. The average Bonchev–Trinajstić information content (AvgIpc) is 3.63. The molecule has 0 radical (unpaired) electrons. The maximum absolute atomic E-state index is 2.58. The monoisotopic (exact) mass is 891 g/mol. The lowest BCUT2D eigenvalue weighted by Crippen LogP contribution is -2.67.